The van der Waals surface area contributed by atoms with Crippen LogP contribution >= 0.6 is 0 Å². The molecule has 0 spiro atoms. The van der Waals surface area contributed by atoms with Crippen LogP contribution in [0, 0.1) is 0 Å². The van der Waals surface area contributed by atoms with E-state index in [1.54, 1.807) is 0 Å². The van der Waals surface area contributed by atoms with E-state index in [1.807, 2.05) is 0 Å². The highest BCUT2D eigenvalue weighted by Crippen LogP contribution is 2.04. The van der Waals surface area contributed by atoms with E-state index in [-0.39, 0.29) is 0 Å². The molecule has 32 heavy (non-hydrogen) atoms. The van der Waals surface area contributed by atoms with Crippen molar-refractivity contribution < 1.29 is 0 Å². The minimum Gasteiger partial charge on any atom is -0.317 e. The van der Waals surface area contributed by atoms with Gasteiger partial charge in [-0.1, -0.05) is 53.4 Å². The Morgan fingerprint density at radius 2 is 0.625 bits per heavy atom. The summed E-state index contributed by atoms with van der Waals surface area (Å²) in [5.74, 6) is 0. The molecule has 194 valence electrons. The molecule has 2 N–H and O–H groups in total. The number of hydrogen-bond acceptors (Lipinski definition) is 4. The molecule has 4 nitrogen and oxygen atoms in total. The first kappa shape index (κ1) is 31.8. The highest BCUT2D eigenvalue weighted by atomic mass is 15.1. The molecule has 0 amide bonds. The van der Waals surface area contributed by atoms with Crippen LogP contribution in [-0.2, 0) is 0 Å². The summed E-state index contributed by atoms with van der Waals surface area (Å²) in [4.78, 5) is 5.28. The Hall–Kier alpha value is -0.160. The minimum atomic E-state index is 1.19. The van der Waals surface area contributed by atoms with E-state index in [2.05, 4.69) is 48.1 Å². The Bertz CT molecular complexity index is 293. The summed E-state index contributed by atoms with van der Waals surface area (Å²) in [6.45, 7) is 21.7. The molecule has 0 aliphatic carbocycles. The zero-order chi connectivity index (χ0) is 23.5. The van der Waals surface area contributed by atoms with Crippen molar-refractivity contribution in [3.05, 3.63) is 0 Å². The number of unbranched alkanes of at least 4 members (excludes halogenated alkanes) is 7. The fourth-order valence-electron chi connectivity index (χ4n) is 4.56. The molecular weight excluding hydrogens is 392 g/mol. The summed E-state index contributed by atoms with van der Waals surface area (Å²) in [6.07, 6.45) is 18.8. The van der Waals surface area contributed by atoms with Gasteiger partial charge in [-0.05, 0) is 130 Å². The topological polar surface area (TPSA) is 30.5 Å². The minimum absolute atomic E-state index is 1.19. The third-order valence-corrected chi connectivity index (χ3v) is 6.27. The van der Waals surface area contributed by atoms with Gasteiger partial charge in [0, 0.05) is 0 Å². The Morgan fingerprint density at radius 3 is 0.938 bits per heavy atom. The third kappa shape index (κ3) is 23.0. The van der Waals surface area contributed by atoms with Gasteiger partial charge in [0.05, 0.1) is 0 Å². The van der Waals surface area contributed by atoms with Crippen molar-refractivity contribution in [3.63, 3.8) is 0 Å². The van der Waals surface area contributed by atoms with Gasteiger partial charge in [0.25, 0.3) is 0 Å². The van der Waals surface area contributed by atoms with Crippen molar-refractivity contribution in [1.82, 2.24) is 20.4 Å². The summed E-state index contributed by atoms with van der Waals surface area (Å²) in [5.41, 5.74) is 0. The molecule has 0 atom stereocenters. The molecule has 0 fully saturated rings. The molecule has 0 bridgehead atoms. The molecular formula is C28H62N4. The lowest BCUT2D eigenvalue weighted by atomic mass is 10.1. The van der Waals surface area contributed by atoms with Crippen LogP contribution in [0.2, 0.25) is 0 Å². The first-order chi connectivity index (χ1) is 15.8. The summed E-state index contributed by atoms with van der Waals surface area (Å²) in [5, 5.41) is 7.27. The maximum atomic E-state index is 3.64. The molecule has 0 saturated carbocycles. The van der Waals surface area contributed by atoms with E-state index in [4.69, 9.17) is 0 Å². The van der Waals surface area contributed by atoms with E-state index < -0.39 is 0 Å². The van der Waals surface area contributed by atoms with Crippen molar-refractivity contribution in [1.29, 1.82) is 0 Å². The van der Waals surface area contributed by atoms with Gasteiger partial charge in [0.1, 0.15) is 0 Å². The van der Waals surface area contributed by atoms with E-state index in [0.29, 0.717) is 0 Å². The average Bonchev–Trinajstić information content (AvgIpc) is 2.78. The summed E-state index contributed by atoms with van der Waals surface area (Å²) < 4.78 is 0. The molecule has 4 heteroatoms. The standard InChI is InChI=1S/C28H62N4/c1-5-23-31(24-6-2)27-17-11-9-13-19-29-21-15-16-22-30-20-14-10-12-18-28-32(25-7-3)26-8-4/h29-30H,5-28H2,1-4H3. The Morgan fingerprint density at radius 1 is 0.344 bits per heavy atom. The normalized spacial score (nSPS) is 11.8. The number of nitrogens with one attached hydrogen (secondary N) is 2. The lowest BCUT2D eigenvalue weighted by Crippen LogP contribution is -2.26. The fourth-order valence-corrected chi connectivity index (χ4v) is 4.56. The van der Waals surface area contributed by atoms with Crippen LogP contribution < -0.4 is 10.6 Å². The molecule has 0 aromatic carbocycles. The zero-order valence-corrected chi connectivity index (χ0v) is 22.9. The van der Waals surface area contributed by atoms with Gasteiger partial charge in [-0.25, -0.2) is 0 Å². The van der Waals surface area contributed by atoms with E-state index in [9.17, 15) is 0 Å². The molecule has 0 aliphatic heterocycles. The predicted octanol–water partition coefficient (Wildman–Crippen LogP) is 6.31. The Kier molecular flexibility index (Phi) is 27.0. The maximum absolute atomic E-state index is 3.64. The summed E-state index contributed by atoms with van der Waals surface area (Å²) in [7, 11) is 0. The first-order valence-electron chi connectivity index (χ1n) is 14.6. The van der Waals surface area contributed by atoms with Gasteiger partial charge >= 0.3 is 0 Å². The van der Waals surface area contributed by atoms with Crippen molar-refractivity contribution in [2.24, 2.45) is 0 Å². The zero-order valence-electron chi connectivity index (χ0n) is 22.9. The van der Waals surface area contributed by atoms with Crippen LogP contribution in [0.15, 0.2) is 0 Å². The van der Waals surface area contributed by atoms with Gasteiger partial charge in [0.2, 0.25) is 0 Å². The van der Waals surface area contributed by atoms with E-state index in [0.717, 1.165) is 0 Å². The first-order valence-corrected chi connectivity index (χ1v) is 14.6. The van der Waals surface area contributed by atoms with Gasteiger partial charge in [-0.15, -0.1) is 0 Å². The average molecular weight is 455 g/mol. The van der Waals surface area contributed by atoms with Crippen LogP contribution in [-0.4, -0.2) is 75.2 Å². The number of hydrogen-bond donors (Lipinski definition) is 2. The molecule has 0 rings (SSSR count). The second-order valence-electron chi connectivity index (χ2n) is 9.72. The highest BCUT2D eigenvalue weighted by molar-refractivity contribution is 4.59. The molecule has 0 aromatic rings. The van der Waals surface area contributed by atoms with Gasteiger partial charge in [0.15, 0.2) is 0 Å². The molecule has 0 saturated heterocycles. The summed E-state index contributed by atoms with van der Waals surface area (Å²) >= 11 is 0. The number of rotatable bonds is 27. The molecule has 0 unspecified atom stereocenters. The largest absolute Gasteiger partial charge is 0.317 e. The van der Waals surface area contributed by atoms with Crippen molar-refractivity contribution >= 4 is 0 Å². The smallest absolute Gasteiger partial charge is 0.00187 e. The SMILES string of the molecule is CCCN(CCC)CCCCCCNCCCCNCCCCCCN(CCC)CCC. The van der Waals surface area contributed by atoms with Crippen LogP contribution in [0.25, 0.3) is 0 Å². The van der Waals surface area contributed by atoms with Gasteiger partial charge < -0.3 is 20.4 Å². The highest BCUT2D eigenvalue weighted by Gasteiger charge is 2.02. The quantitative estimate of drug-likeness (QED) is 0.142. The molecule has 0 heterocycles. The van der Waals surface area contributed by atoms with Crippen LogP contribution in [0.4, 0.5) is 0 Å². The van der Waals surface area contributed by atoms with Crippen LogP contribution in [0.5, 0.6) is 0 Å². The second kappa shape index (κ2) is 27.1. The lowest BCUT2D eigenvalue weighted by Gasteiger charge is -2.20. The van der Waals surface area contributed by atoms with Crippen molar-refractivity contribution in [2.75, 3.05) is 65.4 Å². The third-order valence-electron chi connectivity index (χ3n) is 6.27. The summed E-state index contributed by atoms with van der Waals surface area (Å²) in [6, 6.07) is 0. The molecule has 0 radical (unpaired) electrons. The molecule has 0 aliphatic rings. The maximum Gasteiger partial charge on any atom is -0.00187 e. The van der Waals surface area contributed by atoms with Crippen LogP contribution in [0.1, 0.15) is 118 Å². The lowest BCUT2D eigenvalue weighted by molar-refractivity contribution is 0.268. The second-order valence-corrected chi connectivity index (χ2v) is 9.72. The van der Waals surface area contributed by atoms with E-state index >= 15 is 0 Å². The fraction of sp³-hybridized carbons (Fsp3) is 1.00. The predicted molar refractivity (Wildman–Crippen MR) is 146 cm³/mol. The van der Waals surface area contributed by atoms with E-state index in [1.165, 1.54) is 155 Å². The van der Waals surface area contributed by atoms with Crippen molar-refractivity contribution in [2.45, 2.75) is 118 Å². The van der Waals surface area contributed by atoms with Gasteiger partial charge in [-0.2, -0.15) is 0 Å². The van der Waals surface area contributed by atoms with Gasteiger partial charge in [-0.3, -0.25) is 0 Å². The monoisotopic (exact) mass is 454 g/mol. The Labute approximate surface area is 203 Å². The van der Waals surface area contributed by atoms with Crippen LogP contribution in [0.3, 0.4) is 0 Å². The van der Waals surface area contributed by atoms with Crippen molar-refractivity contribution in [3.8, 4) is 0 Å². The number of nitrogens with zero attached hydrogens (tertiary/aromatic N) is 2. The molecule has 0 aromatic heterocycles. The Balaban J connectivity index is 3.23.